The summed E-state index contributed by atoms with van der Waals surface area (Å²) in [6.45, 7) is 5.25. The number of carbonyl (C=O) groups excluding carboxylic acids is 2. The zero-order chi connectivity index (χ0) is 26.5. The molecule has 0 aromatic heterocycles. The molecule has 200 valence electrons. The van der Waals surface area contributed by atoms with Crippen molar-refractivity contribution in [3.8, 4) is 0 Å². The van der Waals surface area contributed by atoms with Gasteiger partial charge in [0, 0.05) is 38.9 Å². The van der Waals surface area contributed by atoms with Crippen LogP contribution >= 0.6 is 0 Å². The number of nitrogens with one attached hydrogen (secondary N) is 1. The van der Waals surface area contributed by atoms with E-state index in [1.54, 1.807) is 11.8 Å². The molecule has 1 aromatic carbocycles. The zero-order valence-corrected chi connectivity index (χ0v) is 22.3. The van der Waals surface area contributed by atoms with E-state index in [9.17, 15) is 18.0 Å². The lowest BCUT2D eigenvalue weighted by Crippen LogP contribution is -2.67. The number of hydrogen-bond acceptors (Lipinski definition) is 5. The monoisotopic (exact) mass is 521 g/mol. The molecule has 2 saturated heterocycles. The fraction of sp³-hybridized carbons (Fsp3) is 0.640. The summed E-state index contributed by atoms with van der Waals surface area (Å²) < 4.78 is 28.2. The molecule has 2 heterocycles. The van der Waals surface area contributed by atoms with Crippen LogP contribution in [0.4, 0.5) is 4.79 Å². The first-order chi connectivity index (χ1) is 17.0. The van der Waals surface area contributed by atoms with Crippen LogP contribution in [-0.2, 0) is 21.2 Å². The quantitative estimate of drug-likeness (QED) is 0.256. The summed E-state index contributed by atoms with van der Waals surface area (Å²) in [4.78, 5) is 28.9. The molecule has 3 rings (SSSR count). The van der Waals surface area contributed by atoms with Crippen molar-refractivity contribution < 1.29 is 22.5 Å². The molecular formula is C25H41N6O4S+. The molecule has 5 N–H and O–H groups in total. The van der Waals surface area contributed by atoms with Crippen LogP contribution in [0.2, 0.25) is 0 Å². The van der Waals surface area contributed by atoms with E-state index in [1.807, 2.05) is 37.3 Å². The van der Waals surface area contributed by atoms with Crippen molar-refractivity contribution in [2.75, 3.05) is 31.9 Å². The second-order valence-electron chi connectivity index (χ2n) is 10.2. The topological polar surface area (TPSA) is 151 Å². The first kappa shape index (κ1) is 28.1. The first-order valence-corrected chi connectivity index (χ1v) is 14.5. The minimum atomic E-state index is -3.80. The maximum absolute atomic E-state index is 14.3. The van der Waals surface area contributed by atoms with Gasteiger partial charge in [-0.15, -0.1) is 0 Å². The van der Waals surface area contributed by atoms with E-state index in [-0.39, 0.29) is 36.6 Å². The molecule has 3 amide bonds. The molecular weight excluding hydrogens is 480 g/mol. The minimum Gasteiger partial charge on any atom is -0.370 e. The van der Waals surface area contributed by atoms with Gasteiger partial charge in [-0.2, -0.15) is 8.79 Å². The number of carbonyl (C=O) groups is 2. The van der Waals surface area contributed by atoms with E-state index in [0.717, 1.165) is 5.56 Å². The Kier molecular flexibility index (Phi) is 9.13. The summed E-state index contributed by atoms with van der Waals surface area (Å²) >= 11 is 0. The number of amides is 3. The van der Waals surface area contributed by atoms with Gasteiger partial charge in [-0.1, -0.05) is 37.3 Å². The molecule has 1 unspecified atom stereocenters. The zero-order valence-electron chi connectivity index (χ0n) is 21.4. The van der Waals surface area contributed by atoms with E-state index in [2.05, 4.69) is 0 Å². The van der Waals surface area contributed by atoms with Gasteiger partial charge >= 0.3 is 11.9 Å². The third kappa shape index (κ3) is 5.90. The molecule has 2 aliphatic heterocycles. The molecule has 1 aromatic rings. The van der Waals surface area contributed by atoms with Gasteiger partial charge in [0.1, 0.15) is 12.1 Å². The third-order valence-electron chi connectivity index (χ3n) is 7.79. The molecule has 0 spiro atoms. The van der Waals surface area contributed by atoms with Crippen molar-refractivity contribution in [1.29, 1.82) is 5.41 Å². The van der Waals surface area contributed by atoms with E-state index in [4.69, 9.17) is 16.9 Å². The number of nitrogens with two attached hydrogens (primary N) is 2. The van der Waals surface area contributed by atoms with Crippen molar-refractivity contribution in [3.63, 3.8) is 0 Å². The number of piperidine rings is 1. The van der Waals surface area contributed by atoms with Crippen molar-refractivity contribution in [2.45, 2.75) is 64.5 Å². The Morgan fingerprint density at radius 1 is 1.17 bits per heavy atom. The molecule has 2 aliphatic rings. The summed E-state index contributed by atoms with van der Waals surface area (Å²) in [5.41, 5.74) is 12.3. The highest BCUT2D eigenvalue weighted by atomic mass is 32.2. The van der Waals surface area contributed by atoms with E-state index < -0.39 is 32.5 Å². The number of likely N-dealkylation sites (tertiary alicyclic amines) is 2. The molecule has 11 heteroatoms. The second-order valence-corrected chi connectivity index (χ2v) is 12.2. The maximum Gasteiger partial charge on any atom is 0.421 e. The van der Waals surface area contributed by atoms with Crippen LogP contribution < -0.4 is 11.5 Å². The van der Waals surface area contributed by atoms with Gasteiger partial charge in [0.15, 0.2) is 5.96 Å². The van der Waals surface area contributed by atoms with Crippen LogP contribution in [0.3, 0.4) is 0 Å². The molecule has 10 nitrogen and oxygen atoms in total. The van der Waals surface area contributed by atoms with Crippen LogP contribution in [0, 0.1) is 11.3 Å². The van der Waals surface area contributed by atoms with Crippen molar-refractivity contribution in [1.82, 2.24) is 9.21 Å². The number of guanidine groups is 1. The molecule has 2 fully saturated rings. The van der Waals surface area contributed by atoms with Gasteiger partial charge in [0.2, 0.25) is 10.0 Å². The largest absolute Gasteiger partial charge is 0.421 e. The predicted molar refractivity (Wildman–Crippen MR) is 139 cm³/mol. The second kappa shape index (κ2) is 11.7. The summed E-state index contributed by atoms with van der Waals surface area (Å²) in [7, 11) is -3.80. The van der Waals surface area contributed by atoms with Crippen LogP contribution in [0.25, 0.3) is 0 Å². The first-order valence-electron chi connectivity index (χ1n) is 12.9. The molecule has 3 atom stereocenters. The van der Waals surface area contributed by atoms with Gasteiger partial charge in [-0.3, -0.25) is 5.41 Å². The van der Waals surface area contributed by atoms with E-state index in [1.165, 1.54) is 4.31 Å². The minimum absolute atomic E-state index is 0.0105. The van der Waals surface area contributed by atoms with Gasteiger partial charge in [0.05, 0.1) is 12.3 Å². The Labute approximate surface area is 214 Å². The number of hydrogen-bond donors (Lipinski definition) is 3. The van der Waals surface area contributed by atoms with E-state index in [0.29, 0.717) is 51.7 Å². The van der Waals surface area contributed by atoms with Crippen molar-refractivity contribution in [2.24, 2.45) is 17.4 Å². The average Bonchev–Trinajstić information content (AvgIpc) is 3.24. The van der Waals surface area contributed by atoms with Crippen LogP contribution in [-0.4, -0.2) is 84.0 Å². The predicted octanol–water partition coefficient (Wildman–Crippen LogP) is 1.85. The average molecular weight is 522 g/mol. The van der Waals surface area contributed by atoms with Crippen molar-refractivity contribution in [3.05, 3.63) is 35.9 Å². The van der Waals surface area contributed by atoms with Crippen LogP contribution in [0.5, 0.6) is 0 Å². The Balaban J connectivity index is 2.02. The number of quaternary nitrogens is 1. The fourth-order valence-corrected chi connectivity index (χ4v) is 7.42. The number of nitrogens with zero attached hydrogens (tertiary/aromatic N) is 3. The van der Waals surface area contributed by atoms with E-state index >= 15 is 0 Å². The van der Waals surface area contributed by atoms with Gasteiger partial charge < -0.3 is 16.4 Å². The number of urea groups is 1. The Morgan fingerprint density at radius 2 is 1.81 bits per heavy atom. The molecule has 36 heavy (non-hydrogen) atoms. The lowest BCUT2D eigenvalue weighted by Gasteiger charge is -2.40. The van der Waals surface area contributed by atoms with Gasteiger partial charge in [-0.25, -0.2) is 18.0 Å². The number of sulfonamides is 1. The van der Waals surface area contributed by atoms with Gasteiger partial charge in [0.25, 0.3) is 0 Å². The molecule has 0 saturated carbocycles. The summed E-state index contributed by atoms with van der Waals surface area (Å²) in [5, 5.41) is 7.68. The molecule has 0 bridgehead atoms. The number of benzene rings is 1. The number of primary amides is 1. The number of imide groups is 1. The molecule has 0 radical (unpaired) electrons. The highest BCUT2D eigenvalue weighted by molar-refractivity contribution is 7.89. The lowest BCUT2D eigenvalue weighted by molar-refractivity contribution is -0.784. The van der Waals surface area contributed by atoms with Gasteiger partial charge in [-0.05, 0) is 37.7 Å². The fourth-order valence-electron chi connectivity index (χ4n) is 5.68. The summed E-state index contributed by atoms with van der Waals surface area (Å²) in [5.74, 6) is -0.491. The summed E-state index contributed by atoms with van der Waals surface area (Å²) in [6, 6.07) is 7.27. The van der Waals surface area contributed by atoms with Crippen LogP contribution in [0.15, 0.2) is 30.3 Å². The SMILES string of the molecule is CCCS(=O)(=O)N(CC1CCN(C(=N)N)CC1)[C@H](Cc1ccccc1)C(=O)[N+]1(C(N)=O)CCC[C@H]1C. The molecule has 0 aliphatic carbocycles. The Bertz CT molecular complexity index is 1040. The smallest absolute Gasteiger partial charge is 0.370 e. The van der Waals surface area contributed by atoms with Crippen molar-refractivity contribution >= 4 is 27.9 Å². The standard InChI is InChI=1S/C25H40N6O4S/c1-3-16-36(34,35)30(18-21-11-13-29(14-12-21)24(26)27)22(17-20-9-5-4-6-10-20)23(32)31(25(28)33)15-7-8-19(31)2/h4-6,9-10,19,21-22H,3,7-8,11-18H2,1-2H3,(H4-,26,27,28,33)/p+1/t19-,22-,31?/m1/s1. The highest BCUT2D eigenvalue weighted by Crippen LogP contribution is 2.32. The summed E-state index contributed by atoms with van der Waals surface area (Å²) in [6.07, 6.45) is 3.28. The maximum atomic E-state index is 14.3. The highest BCUT2D eigenvalue weighted by Gasteiger charge is 2.56. The Hall–Kier alpha value is -2.50. The van der Waals surface area contributed by atoms with Crippen LogP contribution in [0.1, 0.15) is 51.5 Å². The Morgan fingerprint density at radius 3 is 2.31 bits per heavy atom. The lowest BCUT2D eigenvalue weighted by atomic mass is 9.95. The number of rotatable bonds is 9. The normalized spacial score (nSPS) is 24.1. The third-order valence-corrected chi connectivity index (χ3v) is 9.83.